The number of hydrogen-bond donors (Lipinski definition) is 2. The lowest BCUT2D eigenvalue weighted by Gasteiger charge is -2.39. The zero-order chi connectivity index (χ0) is 22.8. The van der Waals surface area contributed by atoms with E-state index >= 15 is 0 Å². The van der Waals surface area contributed by atoms with Crippen LogP contribution in [-0.2, 0) is 6.42 Å². The first-order chi connectivity index (χ1) is 15.6. The van der Waals surface area contributed by atoms with Gasteiger partial charge in [0.15, 0.2) is 0 Å². The molecule has 1 aliphatic rings. The van der Waals surface area contributed by atoms with Crippen molar-refractivity contribution >= 4 is 10.9 Å². The number of fused-ring (bicyclic) bond motifs is 1. The molecule has 1 saturated heterocycles. The second-order valence-electron chi connectivity index (χ2n) is 9.48. The van der Waals surface area contributed by atoms with E-state index < -0.39 is 6.10 Å². The van der Waals surface area contributed by atoms with Gasteiger partial charge in [-0.05, 0) is 86.9 Å². The summed E-state index contributed by atoms with van der Waals surface area (Å²) in [5.74, 6) is 1.75. The number of likely N-dealkylation sites (tertiary alicyclic amines) is 1. The van der Waals surface area contributed by atoms with Crippen LogP contribution in [0.2, 0.25) is 0 Å². The Morgan fingerprint density at radius 1 is 1.16 bits per heavy atom. The van der Waals surface area contributed by atoms with Gasteiger partial charge in [-0.1, -0.05) is 32.6 Å². The van der Waals surface area contributed by atoms with E-state index in [9.17, 15) is 10.2 Å². The average Bonchev–Trinajstić information content (AvgIpc) is 2.80. The van der Waals surface area contributed by atoms with Crippen LogP contribution in [0.5, 0.6) is 5.75 Å². The number of unbranched alkanes of at least 4 members (excludes halogenated alkanes) is 4. The van der Waals surface area contributed by atoms with Crippen molar-refractivity contribution in [3.05, 3.63) is 36.0 Å². The van der Waals surface area contributed by atoms with Crippen LogP contribution in [0.15, 0.2) is 30.5 Å². The second kappa shape index (κ2) is 13.1. The summed E-state index contributed by atoms with van der Waals surface area (Å²) in [6, 6.07) is 7.92. The summed E-state index contributed by atoms with van der Waals surface area (Å²) in [6.07, 6.45) is 11.4. The van der Waals surface area contributed by atoms with Gasteiger partial charge < -0.3 is 19.8 Å². The molecule has 0 spiro atoms. The van der Waals surface area contributed by atoms with E-state index in [1.54, 1.807) is 7.11 Å². The molecule has 2 aromatic rings. The molecule has 0 amide bonds. The maximum Gasteiger partial charge on any atom is 0.119 e. The van der Waals surface area contributed by atoms with Gasteiger partial charge in [0.05, 0.1) is 18.7 Å². The number of aliphatic hydroxyl groups is 2. The Kier molecular flexibility index (Phi) is 10.2. The normalized spacial score (nSPS) is 20.5. The van der Waals surface area contributed by atoms with Crippen molar-refractivity contribution < 1.29 is 14.9 Å². The molecule has 1 aliphatic heterocycles. The van der Waals surface area contributed by atoms with Gasteiger partial charge in [0.25, 0.3) is 0 Å². The van der Waals surface area contributed by atoms with Crippen LogP contribution in [0.1, 0.15) is 63.9 Å². The largest absolute Gasteiger partial charge is 0.497 e. The molecule has 5 heteroatoms. The Bertz CT molecular complexity index is 813. The highest BCUT2D eigenvalue weighted by molar-refractivity contribution is 5.83. The number of nitrogens with zero attached hydrogens (tertiary/aromatic N) is 2. The summed E-state index contributed by atoms with van der Waals surface area (Å²) < 4.78 is 5.38. The number of aromatic nitrogens is 1. The van der Waals surface area contributed by atoms with Gasteiger partial charge in [-0.15, -0.1) is 0 Å². The van der Waals surface area contributed by atoms with Gasteiger partial charge in [0, 0.05) is 24.7 Å². The number of rotatable bonds is 13. The Morgan fingerprint density at radius 3 is 2.78 bits per heavy atom. The molecule has 32 heavy (non-hydrogen) atoms. The molecule has 2 heterocycles. The zero-order valence-corrected chi connectivity index (χ0v) is 20.0. The Hall–Kier alpha value is -1.69. The molecule has 2 N–H and O–H groups in total. The van der Waals surface area contributed by atoms with E-state index in [0.29, 0.717) is 18.3 Å². The lowest BCUT2D eigenvalue weighted by molar-refractivity contribution is 0.0556. The summed E-state index contributed by atoms with van der Waals surface area (Å²) in [7, 11) is 1.67. The monoisotopic (exact) mass is 442 g/mol. The molecule has 0 radical (unpaired) electrons. The highest BCUT2D eigenvalue weighted by atomic mass is 16.5. The van der Waals surface area contributed by atoms with Crippen LogP contribution in [0.4, 0.5) is 0 Å². The molecular formula is C27H42N2O3. The van der Waals surface area contributed by atoms with Crippen molar-refractivity contribution in [2.75, 3.05) is 33.4 Å². The maximum atomic E-state index is 11.0. The number of methoxy groups -OCH3 is 1. The Balaban J connectivity index is 1.56. The SMILES string of the molecule is CCCCCCCN1CC[C@@H](C[C@H](O)Cc2ccnc3ccc(OC)cc23)[C@@H](CCO)C1. The molecule has 1 aromatic heterocycles. The molecule has 3 atom stereocenters. The van der Waals surface area contributed by atoms with Crippen molar-refractivity contribution in [3.63, 3.8) is 0 Å². The maximum absolute atomic E-state index is 11.0. The van der Waals surface area contributed by atoms with Gasteiger partial charge in [-0.2, -0.15) is 0 Å². The fourth-order valence-electron chi connectivity index (χ4n) is 5.28. The van der Waals surface area contributed by atoms with E-state index in [0.717, 1.165) is 54.6 Å². The van der Waals surface area contributed by atoms with Crippen LogP contribution >= 0.6 is 0 Å². The average molecular weight is 443 g/mol. The molecular weight excluding hydrogens is 400 g/mol. The van der Waals surface area contributed by atoms with E-state index in [1.807, 2.05) is 30.5 Å². The first kappa shape index (κ1) is 24.9. The first-order valence-electron chi connectivity index (χ1n) is 12.6. The van der Waals surface area contributed by atoms with Crippen molar-refractivity contribution in [2.45, 2.75) is 70.8 Å². The number of aliphatic hydroxyl groups excluding tert-OH is 2. The fraction of sp³-hybridized carbons (Fsp3) is 0.667. The summed E-state index contributed by atoms with van der Waals surface area (Å²) >= 11 is 0. The highest BCUT2D eigenvalue weighted by Gasteiger charge is 2.30. The van der Waals surface area contributed by atoms with Gasteiger partial charge >= 0.3 is 0 Å². The van der Waals surface area contributed by atoms with Crippen LogP contribution in [0.25, 0.3) is 10.9 Å². The van der Waals surface area contributed by atoms with E-state index in [-0.39, 0.29) is 6.61 Å². The number of ether oxygens (including phenoxy) is 1. The van der Waals surface area contributed by atoms with E-state index in [4.69, 9.17) is 4.74 Å². The van der Waals surface area contributed by atoms with Gasteiger partial charge in [0.2, 0.25) is 0 Å². The number of pyridine rings is 1. The number of benzene rings is 1. The van der Waals surface area contributed by atoms with Crippen LogP contribution in [0, 0.1) is 11.8 Å². The molecule has 0 bridgehead atoms. The summed E-state index contributed by atoms with van der Waals surface area (Å²) in [6.45, 7) is 5.83. The Morgan fingerprint density at radius 2 is 2.00 bits per heavy atom. The molecule has 0 aliphatic carbocycles. The minimum absolute atomic E-state index is 0.233. The molecule has 1 fully saturated rings. The lowest BCUT2D eigenvalue weighted by Crippen LogP contribution is -2.42. The van der Waals surface area contributed by atoms with Crippen molar-refractivity contribution in [1.82, 2.24) is 9.88 Å². The minimum atomic E-state index is -0.390. The van der Waals surface area contributed by atoms with Crippen LogP contribution in [-0.4, -0.2) is 59.6 Å². The number of piperidine rings is 1. The molecule has 3 rings (SSSR count). The smallest absolute Gasteiger partial charge is 0.119 e. The highest BCUT2D eigenvalue weighted by Crippen LogP contribution is 2.32. The van der Waals surface area contributed by atoms with Crippen molar-refractivity contribution in [1.29, 1.82) is 0 Å². The van der Waals surface area contributed by atoms with Gasteiger partial charge in [-0.25, -0.2) is 0 Å². The van der Waals surface area contributed by atoms with E-state index in [2.05, 4.69) is 16.8 Å². The first-order valence-corrected chi connectivity index (χ1v) is 12.6. The summed E-state index contributed by atoms with van der Waals surface area (Å²) in [5, 5.41) is 21.7. The number of hydrogen-bond acceptors (Lipinski definition) is 5. The third-order valence-corrected chi connectivity index (χ3v) is 7.12. The lowest BCUT2D eigenvalue weighted by atomic mass is 9.79. The molecule has 0 unspecified atom stereocenters. The Labute approximate surface area is 193 Å². The zero-order valence-electron chi connectivity index (χ0n) is 20.0. The van der Waals surface area contributed by atoms with Crippen LogP contribution < -0.4 is 4.74 Å². The van der Waals surface area contributed by atoms with E-state index in [1.165, 1.54) is 38.6 Å². The predicted molar refractivity (Wildman–Crippen MR) is 131 cm³/mol. The standard InChI is InChI=1S/C27H42N2O3/c1-3-4-5-6-7-14-29-15-11-21(23(20-29)12-16-30)17-24(31)18-22-10-13-28-27-9-8-25(32-2)19-26(22)27/h8-10,13,19,21,23-24,30-31H,3-7,11-12,14-18,20H2,1-2H3/t21-,23-,24-/m0/s1. The molecule has 178 valence electrons. The van der Waals surface area contributed by atoms with Crippen LogP contribution in [0.3, 0.4) is 0 Å². The minimum Gasteiger partial charge on any atom is -0.497 e. The topological polar surface area (TPSA) is 65.8 Å². The third kappa shape index (κ3) is 7.16. The third-order valence-electron chi connectivity index (χ3n) is 7.12. The fourth-order valence-corrected chi connectivity index (χ4v) is 5.28. The van der Waals surface area contributed by atoms with Crippen molar-refractivity contribution in [3.8, 4) is 5.75 Å². The predicted octanol–water partition coefficient (Wildman–Crippen LogP) is 4.83. The molecule has 1 aromatic carbocycles. The van der Waals surface area contributed by atoms with Crippen molar-refractivity contribution in [2.24, 2.45) is 11.8 Å². The summed E-state index contributed by atoms with van der Waals surface area (Å²) in [4.78, 5) is 7.04. The summed E-state index contributed by atoms with van der Waals surface area (Å²) in [5.41, 5.74) is 2.05. The molecule has 0 saturated carbocycles. The van der Waals surface area contributed by atoms with Gasteiger partial charge in [0.1, 0.15) is 5.75 Å². The molecule has 5 nitrogen and oxygen atoms in total. The van der Waals surface area contributed by atoms with Gasteiger partial charge in [-0.3, -0.25) is 4.98 Å². The quantitative estimate of drug-likeness (QED) is 0.435. The second-order valence-corrected chi connectivity index (χ2v) is 9.48.